The fourth-order valence-corrected chi connectivity index (χ4v) is 1.93. The molecule has 0 aliphatic carbocycles. The summed E-state index contributed by atoms with van der Waals surface area (Å²) in [5.41, 5.74) is 5.57. The summed E-state index contributed by atoms with van der Waals surface area (Å²) in [5, 5.41) is 2.79. The fourth-order valence-electron chi connectivity index (χ4n) is 1.93. The standard InChI is InChI=1S/C14H16.2CH4/c1-9-5-7-14-12(4)10(2)6-8-13(14)11(9)3;;/h5-8H,1-4H3;2*1H4. The minimum Gasteiger partial charge on any atom is -0.0776 e. The lowest BCUT2D eigenvalue weighted by Crippen LogP contribution is -1.88. The Bertz CT molecular complexity index is 446. The minimum atomic E-state index is 0. The van der Waals surface area contributed by atoms with Crippen molar-refractivity contribution in [3.8, 4) is 0 Å². The van der Waals surface area contributed by atoms with Crippen LogP contribution in [0.1, 0.15) is 37.1 Å². The lowest BCUT2D eigenvalue weighted by Gasteiger charge is -2.09. The Hall–Kier alpha value is -1.30. The molecule has 0 heteroatoms. The highest BCUT2D eigenvalue weighted by atomic mass is 14.1. The lowest BCUT2D eigenvalue weighted by molar-refractivity contribution is 1.34. The Morgan fingerprint density at radius 1 is 0.562 bits per heavy atom. The number of rotatable bonds is 0. The van der Waals surface area contributed by atoms with Gasteiger partial charge in [0.05, 0.1) is 0 Å². The van der Waals surface area contributed by atoms with Crippen LogP contribution in [0.5, 0.6) is 0 Å². The molecule has 2 aromatic rings. The molecule has 0 amide bonds. The highest BCUT2D eigenvalue weighted by molar-refractivity contribution is 5.90. The van der Waals surface area contributed by atoms with E-state index in [9.17, 15) is 0 Å². The predicted octanol–water partition coefficient (Wildman–Crippen LogP) is 5.35. The maximum Gasteiger partial charge on any atom is -0.0149 e. The van der Waals surface area contributed by atoms with Gasteiger partial charge in [-0.3, -0.25) is 0 Å². The Morgan fingerprint density at radius 2 is 0.875 bits per heavy atom. The van der Waals surface area contributed by atoms with Crippen LogP contribution in [-0.4, -0.2) is 0 Å². The zero-order valence-corrected chi connectivity index (χ0v) is 9.31. The second kappa shape index (κ2) is 5.16. The molecule has 0 aliphatic heterocycles. The highest BCUT2D eigenvalue weighted by Gasteiger charge is 2.03. The first-order chi connectivity index (χ1) is 6.61. The third-order valence-electron chi connectivity index (χ3n) is 3.28. The van der Waals surface area contributed by atoms with Crippen LogP contribution in [0.25, 0.3) is 10.8 Å². The number of hydrogen-bond acceptors (Lipinski definition) is 0. The topological polar surface area (TPSA) is 0 Å². The van der Waals surface area contributed by atoms with Crippen molar-refractivity contribution in [2.24, 2.45) is 0 Å². The van der Waals surface area contributed by atoms with Crippen molar-refractivity contribution in [1.29, 1.82) is 0 Å². The Kier molecular flexibility index (Phi) is 4.74. The van der Waals surface area contributed by atoms with Crippen LogP contribution >= 0.6 is 0 Å². The minimum absolute atomic E-state index is 0. The van der Waals surface area contributed by atoms with Crippen molar-refractivity contribution in [1.82, 2.24) is 0 Å². The summed E-state index contributed by atoms with van der Waals surface area (Å²) in [6, 6.07) is 8.90. The Labute approximate surface area is 100 Å². The molecule has 0 bridgehead atoms. The number of fused-ring (bicyclic) bond motifs is 1. The summed E-state index contributed by atoms with van der Waals surface area (Å²) in [7, 11) is 0. The SMILES string of the molecule is C.C.Cc1ccc2c(C)c(C)ccc2c1C. The quantitative estimate of drug-likeness (QED) is 0.557. The van der Waals surface area contributed by atoms with Gasteiger partial charge in [-0.1, -0.05) is 39.1 Å². The molecule has 0 saturated heterocycles. The van der Waals surface area contributed by atoms with E-state index in [4.69, 9.17) is 0 Å². The second-order valence-corrected chi connectivity index (χ2v) is 4.11. The first kappa shape index (κ1) is 14.7. The van der Waals surface area contributed by atoms with E-state index in [0.717, 1.165) is 0 Å². The normalized spacial score (nSPS) is 9.50. The average Bonchev–Trinajstić information content (AvgIpc) is 2.17. The van der Waals surface area contributed by atoms with Gasteiger partial charge in [0.25, 0.3) is 0 Å². The maximum absolute atomic E-state index is 2.24. The zero-order valence-electron chi connectivity index (χ0n) is 9.31. The summed E-state index contributed by atoms with van der Waals surface area (Å²) < 4.78 is 0. The van der Waals surface area contributed by atoms with E-state index in [1.54, 1.807) is 0 Å². The van der Waals surface area contributed by atoms with Crippen LogP contribution in [0.2, 0.25) is 0 Å². The molecule has 0 nitrogen and oxygen atoms in total. The first-order valence-corrected chi connectivity index (χ1v) is 5.07. The highest BCUT2D eigenvalue weighted by Crippen LogP contribution is 2.25. The largest absolute Gasteiger partial charge is 0.0776 e. The molecule has 0 aromatic heterocycles. The Balaban J connectivity index is 0.00000112. The molecule has 0 aliphatic rings. The van der Waals surface area contributed by atoms with Crippen LogP contribution in [-0.2, 0) is 0 Å². The summed E-state index contributed by atoms with van der Waals surface area (Å²) in [4.78, 5) is 0. The molecule has 0 radical (unpaired) electrons. The van der Waals surface area contributed by atoms with Gasteiger partial charge in [0.1, 0.15) is 0 Å². The molecule has 16 heavy (non-hydrogen) atoms. The molecule has 0 unspecified atom stereocenters. The van der Waals surface area contributed by atoms with Gasteiger partial charge in [0.2, 0.25) is 0 Å². The second-order valence-electron chi connectivity index (χ2n) is 4.11. The summed E-state index contributed by atoms with van der Waals surface area (Å²) in [6.07, 6.45) is 0. The molecule has 0 heterocycles. The molecule has 2 aromatic carbocycles. The molecule has 88 valence electrons. The lowest BCUT2D eigenvalue weighted by atomic mass is 9.95. The van der Waals surface area contributed by atoms with Crippen LogP contribution in [0.15, 0.2) is 24.3 Å². The Morgan fingerprint density at radius 3 is 1.19 bits per heavy atom. The van der Waals surface area contributed by atoms with Crippen molar-refractivity contribution in [3.63, 3.8) is 0 Å². The van der Waals surface area contributed by atoms with Gasteiger partial charge >= 0.3 is 0 Å². The molecule has 0 saturated carbocycles. The van der Waals surface area contributed by atoms with Crippen molar-refractivity contribution in [2.45, 2.75) is 42.5 Å². The number of benzene rings is 2. The van der Waals surface area contributed by atoms with Gasteiger partial charge in [-0.05, 0) is 60.7 Å². The van der Waals surface area contributed by atoms with Gasteiger partial charge in [-0.25, -0.2) is 0 Å². The van der Waals surface area contributed by atoms with Gasteiger partial charge in [-0.2, -0.15) is 0 Å². The summed E-state index contributed by atoms with van der Waals surface area (Å²) in [5.74, 6) is 0. The summed E-state index contributed by atoms with van der Waals surface area (Å²) >= 11 is 0. The van der Waals surface area contributed by atoms with Crippen LogP contribution in [0.3, 0.4) is 0 Å². The molecular formula is C16H24. The average molecular weight is 216 g/mol. The van der Waals surface area contributed by atoms with Crippen molar-refractivity contribution in [3.05, 3.63) is 46.5 Å². The van der Waals surface area contributed by atoms with Gasteiger partial charge in [-0.15, -0.1) is 0 Å². The third kappa shape index (κ3) is 2.11. The van der Waals surface area contributed by atoms with Crippen molar-refractivity contribution < 1.29 is 0 Å². The predicted molar refractivity (Wildman–Crippen MR) is 76.4 cm³/mol. The molecule has 0 N–H and O–H groups in total. The third-order valence-corrected chi connectivity index (χ3v) is 3.28. The van der Waals surface area contributed by atoms with E-state index in [2.05, 4.69) is 52.0 Å². The molecule has 0 spiro atoms. The van der Waals surface area contributed by atoms with E-state index >= 15 is 0 Å². The molecular weight excluding hydrogens is 192 g/mol. The smallest absolute Gasteiger partial charge is 0.0149 e. The zero-order chi connectivity index (χ0) is 10.3. The number of hydrogen-bond donors (Lipinski definition) is 0. The van der Waals surface area contributed by atoms with Crippen molar-refractivity contribution in [2.75, 3.05) is 0 Å². The number of aryl methyl sites for hydroxylation is 4. The fraction of sp³-hybridized carbons (Fsp3) is 0.375. The van der Waals surface area contributed by atoms with E-state index < -0.39 is 0 Å². The maximum atomic E-state index is 2.24. The van der Waals surface area contributed by atoms with Gasteiger partial charge < -0.3 is 0 Å². The van der Waals surface area contributed by atoms with E-state index in [-0.39, 0.29) is 14.9 Å². The van der Waals surface area contributed by atoms with Crippen LogP contribution in [0.4, 0.5) is 0 Å². The molecule has 0 fully saturated rings. The molecule has 2 rings (SSSR count). The van der Waals surface area contributed by atoms with Gasteiger partial charge in [0, 0.05) is 0 Å². The van der Waals surface area contributed by atoms with Gasteiger partial charge in [0.15, 0.2) is 0 Å². The van der Waals surface area contributed by atoms with E-state index in [1.165, 1.54) is 33.0 Å². The van der Waals surface area contributed by atoms with Crippen molar-refractivity contribution >= 4 is 10.8 Å². The first-order valence-electron chi connectivity index (χ1n) is 5.07. The van der Waals surface area contributed by atoms with E-state index in [1.807, 2.05) is 0 Å². The monoisotopic (exact) mass is 216 g/mol. The van der Waals surface area contributed by atoms with Crippen LogP contribution < -0.4 is 0 Å². The van der Waals surface area contributed by atoms with Crippen LogP contribution in [0, 0.1) is 27.7 Å². The summed E-state index contributed by atoms with van der Waals surface area (Å²) in [6.45, 7) is 8.74. The molecule has 0 atom stereocenters. The van der Waals surface area contributed by atoms with E-state index in [0.29, 0.717) is 0 Å².